The molecule has 0 unspecified atom stereocenters. The van der Waals surface area contributed by atoms with Gasteiger partial charge in [-0.3, -0.25) is 14.4 Å². The van der Waals surface area contributed by atoms with Crippen LogP contribution in [0.3, 0.4) is 0 Å². The number of hydrogen-bond donors (Lipinski definition) is 4. The molecule has 0 fully saturated rings. The largest absolute Gasteiger partial charge is 0.458 e. The van der Waals surface area contributed by atoms with Gasteiger partial charge in [0.25, 0.3) is 5.56 Å². The quantitative estimate of drug-likeness (QED) is 0.171. The third-order valence-corrected chi connectivity index (χ3v) is 9.01. The highest BCUT2D eigenvalue weighted by Crippen LogP contribution is 2.46. The first-order valence-corrected chi connectivity index (χ1v) is 14.7. The van der Waals surface area contributed by atoms with Gasteiger partial charge in [0.1, 0.15) is 19.2 Å². The van der Waals surface area contributed by atoms with Gasteiger partial charge in [0.05, 0.1) is 54.1 Å². The number of esters is 1. The maximum Gasteiger partial charge on any atom is 0.343 e. The summed E-state index contributed by atoms with van der Waals surface area (Å²) in [6.07, 6.45) is 0.543. The van der Waals surface area contributed by atoms with Crippen molar-refractivity contribution in [3.63, 3.8) is 0 Å². The van der Waals surface area contributed by atoms with Gasteiger partial charge in [-0.2, -0.15) is 0 Å². The normalized spacial score (nSPS) is 20.4. The van der Waals surface area contributed by atoms with Gasteiger partial charge in [0.15, 0.2) is 5.60 Å². The first kappa shape index (κ1) is 29.9. The Balaban J connectivity index is 1.42. The van der Waals surface area contributed by atoms with Crippen molar-refractivity contribution in [1.82, 2.24) is 20.2 Å². The summed E-state index contributed by atoms with van der Waals surface area (Å²) in [6.45, 7) is 4.72. The molecule has 13 heteroatoms. The van der Waals surface area contributed by atoms with Gasteiger partial charge >= 0.3 is 5.97 Å². The summed E-state index contributed by atoms with van der Waals surface area (Å²) in [5, 5.41) is 17.6. The number of aryl methyl sites for hydroxylation is 1. The van der Waals surface area contributed by atoms with Gasteiger partial charge in [0, 0.05) is 22.6 Å². The number of hydrogen-bond acceptors (Lipinski definition) is 9. The number of cyclic esters (lactones) is 1. The van der Waals surface area contributed by atoms with E-state index in [0.717, 1.165) is 22.1 Å². The Kier molecular flexibility index (Phi) is 7.50. The summed E-state index contributed by atoms with van der Waals surface area (Å²) in [5.74, 6) is -1.86. The smallest absolute Gasteiger partial charge is 0.343 e. The van der Waals surface area contributed by atoms with Gasteiger partial charge in [-0.25, -0.2) is 14.2 Å². The number of carbonyl (C=O) groups is 3. The van der Waals surface area contributed by atoms with Crippen molar-refractivity contribution in [2.24, 2.45) is 5.73 Å². The van der Waals surface area contributed by atoms with Crippen LogP contribution in [0.4, 0.5) is 4.39 Å². The lowest BCUT2D eigenvalue weighted by Crippen LogP contribution is -2.44. The summed E-state index contributed by atoms with van der Waals surface area (Å²) in [4.78, 5) is 55.7. The van der Waals surface area contributed by atoms with E-state index in [2.05, 4.69) is 10.6 Å². The molecule has 3 aromatic rings. The SMILES string of the molecule is CC[C@@]1(O)C(=O)OCc2c1cc1n(c2=O)Cc2c-1nc1cc(F)c(C)c3c1c2[C@@H](NC(=O)C[C@@H](C)OCNC(=O)CN)CC3. The number of aliphatic hydroxyl groups is 1. The summed E-state index contributed by atoms with van der Waals surface area (Å²) in [7, 11) is 0. The number of fused-ring (bicyclic) bond motifs is 5. The number of amides is 2. The first-order valence-electron chi connectivity index (χ1n) is 14.7. The van der Waals surface area contributed by atoms with Gasteiger partial charge in [-0.15, -0.1) is 0 Å². The molecule has 0 radical (unpaired) electrons. The Morgan fingerprint density at radius 1 is 1.27 bits per heavy atom. The Bertz CT molecular complexity index is 1800. The van der Waals surface area contributed by atoms with Gasteiger partial charge in [-0.1, -0.05) is 6.92 Å². The second-order valence-corrected chi connectivity index (χ2v) is 11.6. The molecule has 4 heterocycles. The fourth-order valence-corrected chi connectivity index (χ4v) is 6.61. The monoisotopic (exact) mass is 607 g/mol. The fraction of sp³-hybridized carbons (Fsp3) is 0.452. The molecule has 3 atom stereocenters. The Morgan fingerprint density at radius 2 is 2.05 bits per heavy atom. The molecule has 44 heavy (non-hydrogen) atoms. The van der Waals surface area contributed by atoms with Crippen molar-refractivity contribution < 1.29 is 33.4 Å². The molecule has 5 N–H and O–H groups in total. The molecule has 2 amide bonds. The molecule has 1 aromatic carbocycles. The van der Waals surface area contributed by atoms with Crippen LogP contribution < -0.4 is 21.9 Å². The molecule has 0 saturated heterocycles. The molecule has 232 valence electrons. The van der Waals surface area contributed by atoms with Crippen molar-refractivity contribution in [1.29, 1.82) is 0 Å². The van der Waals surface area contributed by atoms with E-state index in [4.69, 9.17) is 20.2 Å². The highest BCUT2D eigenvalue weighted by Gasteiger charge is 2.46. The topological polar surface area (TPSA) is 175 Å². The van der Waals surface area contributed by atoms with E-state index in [1.807, 2.05) is 0 Å². The average Bonchev–Trinajstić information content (AvgIpc) is 3.36. The zero-order chi connectivity index (χ0) is 31.5. The molecule has 6 rings (SSSR count). The molecular formula is C31H34FN5O7. The van der Waals surface area contributed by atoms with Gasteiger partial charge in [-0.05, 0) is 55.9 Å². The number of nitrogens with two attached hydrogens (primary N) is 1. The van der Waals surface area contributed by atoms with Crippen LogP contribution in [0.5, 0.6) is 0 Å². The number of benzene rings is 1. The van der Waals surface area contributed by atoms with Crippen LogP contribution in [0.15, 0.2) is 16.9 Å². The highest BCUT2D eigenvalue weighted by atomic mass is 19.1. The molecule has 12 nitrogen and oxygen atoms in total. The third kappa shape index (κ3) is 4.66. The fourth-order valence-electron chi connectivity index (χ4n) is 6.61. The van der Waals surface area contributed by atoms with Crippen LogP contribution in [0.1, 0.15) is 72.5 Å². The van der Waals surface area contributed by atoms with Crippen molar-refractivity contribution in [3.05, 3.63) is 61.7 Å². The first-order chi connectivity index (χ1) is 21.0. The van der Waals surface area contributed by atoms with E-state index in [0.29, 0.717) is 35.3 Å². The van der Waals surface area contributed by atoms with Crippen molar-refractivity contribution in [3.8, 4) is 11.4 Å². The highest BCUT2D eigenvalue weighted by molar-refractivity contribution is 5.94. The minimum absolute atomic E-state index is 0.00840. The van der Waals surface area contributed by atoms with Crippen molar-refractivity contribution >= 4 is 28.7 Å². The van der Waals surface area contributed by atoms with E-state index in [1.54, 1.807) is 26.8 Å². The molecular weight excluding hydrogens is 573 g/mol. The lowest BCUT2D eigenvalue weighted by molar-refractivity contribution is -0.172. The van der Waals surface area contributed by atoms with E-state index < -0.39 is 35.1 Å². The Morgan fingerprint density at radius 3 is 2.77 bits per heavy atom. The predicted molar refractivity (Wildman–Crippen MR) is 156 cm³/mol. The number of rotatable bonds is 8. The Hall–Kier alpha value is -4.20. The summed E-state index contributed by atoms with van der Waals surface area (Å²) >= 11 is 0. The maximum absolute atomic E-state index is 15.1. The molecule has 2 aliphatic heterocycles. The number of nitrogens with one attached hydrogen (secondary N) is 2. The molecule has 1 aliphatic carbocycles. The standard InChI is InChI=1S/C31H34FN5O7/c1-4-31(42)19-8-23-28-17(11-37(23)29(40)18(19)12-43-30(31)41)27-21(35-24(38)7-14(2)44-13-34-25(39)10-33)6-5-16-15(3)20(32)9-22(36-28)26(16)27/h8-9,14,21,42H,4-7,10-13,33H2,1-3H3,(H,34,39)(H,35,38)/t14-,21+,31+/m1/s1. The zero-order valence-corrected chi connectivity index (χ0v) is 24.7. The number of aromatic nitrogens is 2. The van der Waals surface area contributed by atoms with Gasteiger partial charge < -0.3 is 35.5 Å². The van der Waals surface area contributed by atoms with Crippen LogP contribution in [0.2, 0.25) is 0 Å². The number of halogens is 1. The number of carbonyl (C=O) groups excluding carboxylic acids is 3. The lowest BCUT2D eigenvalue weighted by Gasteiger charge is -2.31. The lowest BCUT2D eigenvalue weighted by atomic mass is 9.81. The van der Waals surface area contributed by atoms with E-state index in [9.17, 15) is 24.3 Å². The summed E-state index contributed by atoms with van der Waals surface area (Å²) < 4.78 is 27.4. The molecule has 2 aromatic heterocycles. The van der Waals surface area contributed by atoms with Crippen molar-refractivity contribution in [2.75, 3.05) is 13.3 Å². The second kappa shape index (κ2) is 11.1. The van der Waals surface area contributed by atoms with Crippen LogP contribution >= 0.6 is 0 Å². The number of pyridine rings is 2. The van der Waals surface area contributed by atoms with Crippen molar-refractivity contribution in [2.45, 2.75) is 77.4 Å². The van der Waals surface area contributed by atoms with E-state index in [1.165, 1.54) is 10.6 Å². The number of ether oxygens (including phenoxy) is 2. The molecule has 0 bridgehead atoms. The van der Waals surface area contributed by atoms with E-state index >= 15 is 4.39 Å². The Labute approximate surface area is 251 Å². The van der Waals surface area contributed by atoms with Crippen LogP contribution in [-0.2, 0) is 49.0 Å². The molecule has 3 aliphatic rings. The maximum atomic E-state index is 15.1. The average molecular weight is 608 g/mol. The molecule has 0 spiro atoms. The van der Waals surface area contributed by atoms with Crippen LogP contribution in [0, 0.1) is 12.7 Å². The minimum atomic E-state index is -1.98. The minimum Gasteiger partial charge on any atom is -0.458 e. The zero-order valence-electron chi connectivity index (χ0n) is 24.7. The number of nitrogens with zero attached hydrogens (tertiary/aromatic N) is 2. The second-order valence-electron chi connectivity index (χ2n) is 11.6. The van der Waals surface area contributed by atoms with E-state index in [-0.39, 0.29) is 62.2 Å². The summed E-state index contributed by atoms with van der Waals surface area (Å²) in [5.41, 5.74) is 7.34. The van der Waals surface area contributed by atoms with Crippen LogP contribution in [-0.4, -0.2) is 51.8 Å². The van der Waals surface area contributed by atoms with Crippen LogP contribution in [0.25, 0.3) is 22.3 Å². The summed E-state index contributed by atoms with van der Waals surface area (Å²) in [6, 6.07) is 2.52. The van der Waals surface area contributed by atoms with Gasteiger partial charge in [0.2, 0.25) is 11.8 Å². The molecule has 0 saturated carbocycles. The third-order valence-electron chi connectivity index (χ3n) is 9.01. The predicted octanol–water partition coefficient (Wildman–Crippen LogP) is 1.46.